The van der Waals surface area contributed by atoms with Crippen LogP contribution < -0.4 is 0 Å². The first kappa shape index (κ1) is 13.5. The molecule has 0 saturated carbocycles. The van der Waals surface area contributed by atoms with E-state index in [1.54, 1.807) is 6.20 Å². The third kappa shape index (κ3) is 4.36. The second-order valence-corrected chi connectivity index (χ2v) is 6.38. The van der Waals surface area contributed by atoms with Crippen LogP contribution in [0.25, 0.3) is 0 Å². The maximum Gasteiger partial charge on any atom is 0.264 e. The van der Waals surface area contributed by atoms with E-state index in [4.69, 9.17) is 4.18 Å². The molecule has 1 aliphatic rings. The number of hydrogen-bond acceptors (Lipinski definition) is 5. The summed E-state index contributed by atoms with van der Waals surface area (Å²) in [6.45, 7) is 3.02. The van der Waals surface area contributed by atoms with Crippen LogP contribution in [0.2, 0.25) is 0 Å². The fraction of sp³-hybridized carbons (Fsp3) is 0.583. The molecule has 6 heteroatoms. The second kappa shape index (κ2) is 5.77. The van der Waals surface area contributed by atoms with E-state index in [0.29, 0.717) is 12.5 Å². The van der Waals surface area contributed by atoms with Gasteiger partial charge >= 0.3 is 0 Å². The fourth-order valence-corrected chi connectivity index (χ4v) is 2.60. The van der Waals surface area contributed by atoms with Crippen LogP contribution in [-0.2, 0) is 20.8 Å². The van der Waals surface area contributed by atoms with Crippen molar-refractivity contribution in [2.45, 2.75) is 13.0 Å². The van der Waals surface area contributed by atoms with Gasteiger partial charge in [0.25, 0.3) is 10.1 Å². The van der Waals surface area contributed by atoms with Gasteiger partial charge < -0.3 is 0 Å². The van der Waals surface area contributed by atoms with Crippen molar-refractivity contribution in [2.75, 3.05) is 26.0 Å². The highest BCUT2D eigenvalue weighted by Crippen LogP contribution is 2.19. The lowest BCUT2D eigenvalue weighted by Crippen LogP contribution is -2.22. The number of hydrogen-bond donors (Lipinski definition) is 0. The number of rotatable bonds is 5. The zero-order valence-corrected chi connectivity index (χ0v) is 11.3. The molecular weight excluding hydrogens is 252 g/mol. The van der Waals surface area contributed by atoms with Crippen molar-refractivity contribution in [3.05, 3.63) is 30.1 Å². The third-order valence-corrected chi connectivity index (χ3v) is 3.58. The molecule has 1 fully saturated rings. The molecule has 1 saturated heterocycles. The first-order valence-corrected chi connectivity index (χ1v) is 7.80. The molecule has 5 nitrogen and oxygen atoms in total. The van der Waals surface area contributed by atoms with Gasteiger partial charge in [0.2, 0.25) is 0 Å². The molecular formula is C12H18N2O3S. The molecule has 1 aliphatic heterocycles. The Hall–Kier alpha value is -0.980. The summed E-state index contributed by atoms with van der Waals surface area (Å²) < 4.78 is 26.7. The highest BCUT2D eigenvalue weighted by Gasteiger charge is 2.23. The molecule has 1 aromatic heterocycles. The van der Waals surface area contributed by atoms with E-state index in [2.05, 4.69) is 9.88 Å². The molecule has 0 aliphatic carbocycles. The topological polar surface area (TPSA) is 59.5 Å². The van der Waals surface area contributed by atoms with Gasteiger partial charge in [0.15, 0.2) is 0 Å². The Labute approximate surface area is 108 Å². The van der Waals surface area contributed by atoms with Gasteiger partial charge in [0.1, 0.15) is 0 Å². The quantitative estimate of drug-likeness (QED) is 0.743. The van der Waals surface area contributed by atoms with Gasteiger partial charge in [-0.1, -0.05) is 6.07 Å². The first-order chi connectivity index (χ1) is 8.53. The Balaban J connectivity index is 1.78. The number of nitrogens with zero attached hydrogens (tertiary/aromatic N) is 2. The molecule has 1 atom stereocenters. The summed E-state index contributed by atoms with van der Waals surface area (Å²) in [5.74, 6) is 0.302. The van der Waals surface area contributed by atoms with E-state index in [1.165, 1.54) is 5.56 Å². The molecule has 100 valence electrons. The molecule has 1 aromatic rings. The Bertz CT molecular complexity index is 475. The standard InChI is InChI=1S/C12H18N2O3S/c1-18(15,16)17-10-12-4-6-14(9-12)8-11-3-2-5-13-7-11/h2-3,5,7,12H,4,6,8-10H2,1H3/t12-/m1/s1. The van der Waals surface area contributed by atoms with Crippen molar-refractivity contribution in [2.24, 2.45) is 5.92 Å². The van der Waals surface area contributed by atoms with E-state index < -0.39 is 10.1 Å². The first-order valence-electron chi connectivity index (χ1n) is 5.98. The van der Waals surface area contributed by atoms with Crippen LogP contribution in [0.3, 0.4) is 0 Å². The molecule has 0 aromatic carbocycles. The minimum absolute atomic E-state index is 0.294. The zero-order valence-electron chi connectivity index (χ0n) is 10.4. The molecule has 2 heterocycles. The van der Waals surface area contributed by atoms with Gasteiger partial charge in [-0.15, -0.1) is 0 Å². The fourth-order valence-electron chi connectivity index (χ4n) is 2.16. The van der Waals surface area contributed by atoms with Crippen molar-refractivity contribution >= 4 is 10.1 Å². The number of aromatic nitrogens is 1. The van der Waals surface area contributed by atoms with Crippen LogP contribution in [0.15, 0.2) is 24.5 Å². The Kier molecular flexibility index (Phi) is 4.31. The maximum atomic E-state index is 10.9. The predicted molar refractivity (Wildman–Crippen MR) is 68.4 cm³/mol. The van der Waals surface area contributed by atoms with Crippen LogP contribution in [0.4, 0.5) is 0 Å². The average molecular weight is 270 g/mol. The van der Waals surface area contributed by atoms with Crippen LogP contribution in [0.1, 0.15) is 12.0 Å². The number of likely N-dealkylation sites (tertiary alicyclic amines) is 1. The third-order valence-electron chi connectivity index (χ3n) is 3.02. The van der Waals surface area contributed by atoms with E-state index in [9.17, 15) is 8.42 Å². The average Bonchev–Trinajstić information content (AvgIpc) is 2.75. The van der Waals surface area contributed by atoms with Crippen molar-refractivity contribution < 1.29 is 12.6 Å². The maximum absolute atomic E-state index is 10.9. The van der Waals surface area contributed by atoms with Gasteiger partial charge in [-0.05, 0) is 30.5 Å². The monoisotopic (exact) mass is 270 g/mol. The second-order valence-electron chi connectivity index (χ2n) is 4.74. The van der Waals surface area contributed by atoms with Crippen molar-refractivity contribution in [1.82, 2.24) is 9.88 Å². The van der Waals surface area contributed by atoms with E-state index in [1.807, 2.05) is 18.3 Å². The lowest BCUT2D eigenvalue weighted by molar-refractivity contribution is 0.244. The van der Waals surface area contributed by atoms with Crippen LogP contribution in [-0.4, -0.2) is 44.3 Å². The van der Waals surface area contributed by atoms with Crippen molar-refractivity contribution in [1.29, 1.82) is 0 Å². The SMILES string of the molecule is CS(=O)(=O)OC[C@@H]1CCN(Cc2cccnc2)C1. The summed E-state index contributed by atoms with van der Waals surface area (Å²) in [4.78, 5) is 6.38. The minimum atomic E-state index is -3.32. The molecule has 0 unspecified atom stereocenters. The van der Waals surface area contributed by atoms with E-state index in [-0.39, 0.29) is 0 Å². The summed E-state index contributed by atoms with van der Waals surface area (Å²) in [7, 11) is -3.32. The Morgan fingerprint density at radius 1 is 1.56 bits per heavy atom. The lowest BCUT2D eigenvalue weighted by atomic mass is 10.1. The van der Waals surface area contributed by atoms with Gasteiger partial charge in [-0.3, -0.25) is 14.1 Å². The smallest absolute Gasteiger partial charge is 0.264 e. The minimum Gasteiger partial charge on any atom is -0.299 e. The molecule has 0 spiro atoms. The highest BCUT2D eigenvalue weighted by atomic mass is 32.2. The molecule has 18 heavy (non-hydrogen) atoms. The predicted octanol–water partition coefficient (Wildman–Crippen LogP) is 0.880. The Morgan fingerprint density at radius 2 is 2.39 bits per heavy atom. The molecule has 0 amide bonds. The van der Waals surface area contributed by atoms with E-state index in [0.717, 1.165) is 32.3 Å². The summed E-state index contributed by atoms with van der Waals surface area (Å²) in [5, 5.41) is 0. The summed E-state index contributed by atoms with van der Waals surface area (Å²) >= 11 is 0. The van der Waals surface area contributed by atoms with Crippen LogP contribution >= 0.6 is 0 Å². The number of pyridine rings is 1. The molecule has 0 N–H and O–H groups in total. The van der Waals surface area contributed by atoms with Crippen molar-refractivity contribution in [3.63, 3.8) is 0 Å². The van der Waals surface area contributed by atoms with Gasteiger partial charge in [-0.25, -0.2) is 0 Å². The molecule has 0 radical (unpaired) electrons. The summed E-state index contributed by atoms with van der Waals surface area (Å²) in [6.07, 6.45) is 5.70. The van der Waals surface area contributed by atoms with Gasteiger partial charge in [0, 0.05) is 25.5 Å². The van der Waals surface area contributed by atoms with Crippen LogP contribution in [0, 0.1) is 5.92 Å². The van der Waals surface area contributed by atoms with E-state index >= 15 is 0 Å². The normalized spacial score (nSPS) is 21.3. The van der Waals surface area contributed by atoms with Crippen molar-refractivity contribution in [3.8, 4) is 0 Å². The summed E-state index contributed by atoms with van der Waals surface area (Å²) in [6, 6.07) is 3.98. The highest BCUT2D eigenvalue weighted by molar-refractivity contribution is 7.85. The summed E-state index contributed by atoms with van der Waals surface area (Å²) in [5.41, 5.74) is 1.18. The molecule has 2 rings (SSSR count). The largest absolute Gasteiger partial charge is 0.299 e. The van der Waals surface area contributed by atoms with Gasteiger partial charge in [0.05, 0.1) is 12.9 Å². The van der Waals surface area contributed by atoms with Gasteiger partial charge in [-0.2, -0.15) is 8.42 Å². The lowest BCUT2D eigenvalue weighted by Gasteiger charge is -2.15. The Morgan fingerprint density at radius 3 is 3.06 bits per heavy atom. The zero-order chi connectivity index (χ0) is 13.0. The van der Waals surface area contributed by atoms with Crippen LogP contribution in [0.5, 0.6) is 0 Å². The molecule has 0 bridgehead atoms.